The standard InChI is InChI=1S/C11H22N2O2S/c1-2-8-16(14,15)12-10-5-7-13-6-3-4-11(13)9-10/h10-12H,2-9H2,1H3. The molecule has 0 spiro atoms. The van der Waals surface area contributed by atoms with E-state index in [0.29, 0.717) is 12.5 Å². The summed E-state index contributed by atoms with van der Waals surface area (Å²) in [5.74, 6) is 0.262. The van der Waals surface area contributed by atoms with Crippen LogP contribution in [-0.2, 0) is 10.0 Å². The predicted molar refractivity (Wildman–Crippen MR) is 64.8 cm³/mol. The van der Waals surface area contributed by atoms with Crippen LogP contribution >= 0.6 is 0 Å². The van der Waals surface area contributed by atoms with Crippen molar-refractivity contribution in [2.24, 2.45) is 0 Å². The molecule has 2 fully saturated rings. The number of sulfonamides is 1. The van der Waals surface area contributed by atoms with E-state index in [2.05, 4.69) is 9.62 Å². The van der Waals surface area contributed by atoms with Crippen molar-refractivity contribution in [2.45, 2.75) is 51.1 Å². The van der Waals surface area contributed by atoms with Gasteiger partial charge in [0.1, 0.15) is 0 Å². The van der Waals surface area contributed by atoms with E-state index in [0.717, 1.165) is 19.4 Å². The number of hydrogen-bond donors (Lipinski definition) is 1. The number of hydrogen-bond acceptors (Lipinski definition) is 3. The van der Waals surface area contributed by atoms with Crippen LogP contribution in [-0.4, -0.2) is 44.2 Å². The molecule has 0 aliphatic carbocycles. The second-order valence-electron chi connectivity index (χ2n) is 4.99. The van der Waals surface area contributed by atoms with E-state index in [4.69, 9.17) is 0 Å². The van der Waals surface area contributed by atoms with Crippen molar-refractivity contribution in [3.05, 3.63) is 0 Å². The summed E-state index contributed by atoms with van der Waals surface area (Å²) < 4.78 is 26.2. The Morgan fingerprint density at radius 3 is 2.88 bits per heavy atom. The third-order valence-corrected chi connectivity index (χ3v) is 5.28. The molecule has 0 saturated carbocycles. The third-order valence-electron chi connectivity index (χ3n) is 3.64. The lowest BCUT2D eigenvalue weighted by molar-refractivity contribution is 0.176. The second kappa shape index (κ2) is 5.02. The normalized spacial score (nSPS) is 31.6. The minimum atomic E-state index is -3.03. The quantitative estimate of drug-likeness (QED) is 0.803. The summed E-state index contributed by atoms with van der Waals surface area (Å²) in [5.41, 5.74) is 0. The van der Waals surface area contributed by atoms with Crippen molar-refractivity contribution in [1.29, 1.82) is 0 Å². The van der Waals surface area contributed by atoms with Crippen LogP contribution in [0.4, 0.5) is 0 Å². The molecular weight excluding hydrogens is 224 g/mol. The van der Waals surface area contributed by atoms with Crippen molar-refractivity contribution in [1.82, 2.24) is 9.62 Å². The number of fused-ring (bicyclic) bond motifs is 1. The fraction of sp³-hybridized carbons (Fsp3) is 1.00. The zero-order valence-electron chi connectivity index (χ0n) is 9.98. The zero-order chi connectivity index (χ0) is 11.6. The molecule has 2 aliphatic rings. The van der Waals surface area contributed by atoms with Gasteiger partial charge in [0, 0.05) is 12.1 Å². The topological polar surface area (TPSA) is 49.4 Å². The molecule has 94 valence electrons. The Balaban J connectivity index is 1.87. The highest BCUT2D eigenvalue weighted by atomic mass is 32.2. The molecule has 0 radical (unpaired) electrons. The van der Waals surface area contributed by atoms with Gasteiger partial charge < -0.3 is 4.90 Å². The molecule has 4 nitrogen and oxygen atoms in total. The molecule has 2 aliphatic heterocycles. The molecule has 16 heavy (non-hydrogen) atoms. The molecule has 2 rings (SSSR count). The minimum Gasteiger partial charge on any atom is -0.300 e. The van der Waals surface area contributed by atoms with Gasteiger partial charge >= 0.3 is 0 Å². The Morgan fingerprint density at radius 2 is 2.12 bits per heavy atom. The van der Waals surface area contributed by atoms with Gasteiger partial charge in [-0.25, -0.2) is 13.1 Å². The van der Waals surface area contributed by atoms with E-state index in [-0.39, 0.29) is 11.8 Å². The van der Waals surface area contributed by atoms with Crippen molar-refractivity contribution < 1.29 is 8.42 Å². The third kappa shape index (κ3) is 2.96. The maximum Gasteiger partial charge on any atom is 0.211 e. The van der Waals surface area contributed by atoms with Gasteiger partial charge in [0.15, 0.2) is 0 Å². The lowest BCUT2D eigenvalue weighted by Crippen LogP contribution is -2.47. The minimum absolute atomic E-state index is 0.177. The Labute approximate surface area is 98.4 Å². The Hall–Kier alpha value is -0.130. The van der Waals surface area contributed by atoms with E-state index < -0.39 is 10.0 Å². The molecule has 2 saturated heterocycles. The number of piperidine rings is 1. The van der Waals surface area contributed by atoms with Gasteiger partial charge in [-0.3, -0.25) is 0 Å². The molecule has 0 bridgehead atoms. The Bertz CT molecular complexity index is 329. The van der Waals surface area contributed by atoms with Crippen LogP contribution in [0, 0.1) is 0 Å². The highest BCUT2D eigenvalue weighted by Crippen LogP contribution is 2.27. The molecular formula is C11H22N2O2S. The second-order valence-corrected chi connectivity index (χ2v) is 6.86. The highest BCUT2D eigenvalue weighted by Gasteiger charge is 2.32. The van der Waals surface area contributed by atoms with Crippen molar-refractivity contribution >= 4 is 10.0 Å². The fourth-order valence-electron chi connectivity index (χ4n) is 2.91. The van der Waals surface area contributed by atoms with Gasteiger partial charge in [0.2, 0.25) is 10.0 Å². The molecule has 0 amide bonds. The fourth-order valence-corrected chi connectivity index (χ4v) is 4.29. The summed E-state index contributed by atoms with van der Waals surface area (Å²) >= 11 is 0. The molecule has 0 aromatic carbocycles. The maximum atomic E-state index is 11.7. The molecule has 0 aromatic heterocycles. The van der Waals surface area contributed by atoms with E-state index in [1.807, 2.05) is 6.92 Å². The van der Waals surface area contributed by atoms with E-state index in [1.54, 1.807) is 0 Å². The molecule has 0 aromatic rings. The van der Waals surface area contributed by atoms with Crippen molar-refractivity contribution in [3.8, 4) is 0 Å². The first-order valence-corrected chi connectivity index (χ1v) is 8.00. The molecule has 1 N–H and O–H groups in total. The van der Waals surface area contributed by atoms with Gasteiger partial charge in [-0.05, 0) is 45.2 Å². The number of nitrogens with one attached hydrogen (secondary N) is 1. The maximum absolute atomic E-state index is 11.7. The summed E-state index contributed by atoms with van der Waals surface area (Å²) in [6.45, 7) is 4.17. The summed E-state index contributed by atoms with van der Waals surface area (Å²) in [6.07, 6.45) is 5.19. The largest absolute Gasteiger partial charge is 0.300 e. The molecule has 2 unspecified atom stereocenters. The number of rotatable bonds is 4. The molecule has 5 heteroatoms. The van der Waals surface area contributed by atoms with E-state index >= 15 is 0 Å². The average molecular weight is 246 g/mol. The van der Waals surface area contributed by atoms with Crippen LogP contribution in [0.5, 0.6) is 0 Å². The van der Waals surface area contributed by atoms with Crippen LogP contribution < -0.4 is 4.72 Å². The summed E-state index contributed by atoms with van der Waals surface area (Å²) in [5, 5.41) is 0. The van der Waals surface area contributed by atoms with Gasteiger partial charge in [-0.2, -0.15) is 0 Å². The van der Waals surface area contributed by atoms with Crippen LogP contribution in [0.1, 0.15) is 39.0 Å². The Morgan fingerprint density at radius 1 is 1.31 bits per heavy atom. The monoisotopic (exact) mass is 246 g/mol. The summed E-state index contributed by atoms with van der Waals surface area (Å²) in [4.78, 5) is 2.50. The predicted octanol–water partition coefficient (Wildman–Crippen LogP) is 0.943. The lowest BCUT2D eigenvalue weighted by atomic mass is 9.99. The van der Waals surface area contributed by atoms with Gasteiger partial charge in [-0.1, -0.05) is 6.92 Å². The molecule has 2 heterocycles. The summed E-state index contributed by atoms with van der Waals surface area (Å²) in [7, 11) is -3.03. The molecule has 2 atom stereocenters. The SMILES string of the molecule is CCCS(=O)(=O)NC1CCN2CCCC2C1. The zero-order valence-corrected chi connectivity index (χ0v) is 10.8. The van der Waals surface area contributed by atoms with Crippen LogP contribution in [0.25, 0.3) is 0 Å². The van der Waals surface area contributed by atoms with Crippen LogP contribution in [0.3, 0.4) is 0 Å². The van der Waals surface area contributed by atoms with Gasteiger partial charge in [0.25, 0.3) is 0 Å². The highest BCUT2D eigenvalue weighted by molar-refractivity contribution is 7.89. The average Bonchev–Trinajstić information content (AvgIpc) is 2.63. The van der Waals surface area contributed by atoms with Crippen molar-refractivity contribution in [3.63, 3.8) is 0 Å². The smallest absolute Gasteiger partial charge is 0.211 e. The van der Waals surface area contributed by atoms with Crippen LogP contribution in [0.2, 0.25) is 0 Å². The number of nitrogens with zero attached hydrogens (tertiary/aromatic N) is 1. The summed E-state index contributed by atoms with van der Waals surface area (Å²) in [6, 6.07) is 0.805. The first-order chi connectivity index (χ1) is 7.61. The van der Waals surface area contributed by atoms with Gasteiger partial charge in [0.05, 0.1) is 5.75 Å². The van der Waals surface area contributed by atoms with E-state index in [1.165, 1.54) is 19.4 Å². The first kappa shape index (κ1) is 12.3. The van der Waals surface area contributed by atoms with Crippen molar-refractivity contribution in [2.75, 3.05) is 18.8 Å². The van der Waals surface area contributed by atoms with E-state index in [9.17, 15) is 8.42 Å². The first-order valence-electron chi connectivity index (χ1n) is 6.35. The Kier molecular flexibility index (Phi) is 3.87. The van der Waals surface area contributed by atoms with Gasteiger partial charge in [-0.15, -0.1) is 0 Å². The van der Waals surface area contributed by atoms with Crippen LogP contribution in [0.15, 0.2) is 0 Å². The lowest BCUT2D eigenvalue weighted by Gasteiger charge is -2.34.